The first-order valence-electron chi connectivity index (χ1n) is 10.1. The molecule has 6 heteroatoms. The third-order valence-corrected chi connectivity index (χ3v) is 12.4. The number of carbonyl (C=O) groups is 1. The average Bonchev–Trinajstić information content (AvgIpc) is 2.61. The van der Waals surface area contributed by atoms with Gasteiger partial charge in [0.25, 0.3) is 0 Å². The van der Waals surface area contributed by atoms with Crippen molar-refractivity contribution in [3.05, 3.63) is 12.2 Å². The van der Waals surface area contributed by atoms with Crippen LogP contribution in [0.3, 0.4) is 0 Å². The van der Waals surface area contributed by atoms with E-state index in [9.17, 15) is 9.90 Å². The van der Waals surface area contributed by atoms with Crippen LogP contribution in [0.5, 0.6) is 0 Å². The van der Waals surface area contributed by atoms with Gasteiger partial charge in [0, 0.05) is 26.7 Å². The van der Waals surface area contributed by atoms with Crippen LogP contribution in [0.15, 0.2) is 12.2 Å². The van der Waals surface area contributed by atoms with Gasteiger partial charge in [-0.25, -0.2) is 0 Å². The molecule has 0 aromatic carbocycles. The summed E-state index contributed by atoms with van der Waals surface area (Å²) < 4.78 is 17.7. The lowest BCUT2D eigenvalue weighted by Gasteiger charge is -2.60. The summed E-state index contributed by atoms with van der Waals surface area (Å²) in [6.07, 6.45) is 5.56. The van der Waals surface area contributed by atoms with Gasteiger partial charge in [-0.05, 0) is 49.2 Å². The fourth-order valence-electron chi connectivity index (χ4n) is 5.15. The first-order chi connectivity index (χ1) is 12.5. The van der Waals surface area contributed by atoms with E-state index in [0.29, 0.717) is 13.0 Å². The maximum absolute atomic E-state index is 13.6. The Morgan fingerprint density at radius 3 is 2.41 bits per heavy atom. The smallest absolute Gasteiger partial charge is 0.235 e. The molecular weight excluding hydrogens is 360 g/mol. The zero-order valence-electron chi connectivity index (χ0n) is 17.9. The molecule has 0 heterocycles. The molecule has 0 amide bonds. The van der Waals surface area contributed by atoms with Crippen molar-refractivity contribution in [2.24, 2.45) is 23.2 Å². The number of hydrogen-bond acceptors (Lipinski definition) is 5. The lowest BCUT2D eigenvalue weighted by atomic mass is 9.47. The summed E-state index contributed by atoms with van der Waals surface area (Å²) in [6.45, 7) is 11.9. The van der Waals surface area contributed by atoms with Gasteiger partial charge in [-0.2, -0.15) is 0 Å². The highest BCUT2D eigenvalue weighted by molar-refractivity contribution is 6.74. The molecule has 2 bridgehead atoms. The topological polar surface area (TPSA) is 65.0 Å². The summed E-state index contributed by atoms with van der Waals surface area (Å²) in [5, 5.41) is 11.1. The number of ketones is 1. The lowest BCUT2D eigenvalue weighted by Crippen LogP contribution is -2.69. The Morgan fingerprint density at radius 1 is 1.22 bits per heavy atom. The second kappa shape index (κ2) is 6.77. The first-order valence-corrected chi connectivity index (χ1v) is 13.0. The average molecular weight is 397 g/mol. The van der Waals surface area contributed by atoms with Gasteiger partial charge in [0.1, 0.15) is 0 Å². The minimum Gasteiger partial charge on any atom is -0.417 e. The van der Waals surface area contributed by atoms with Crippen molar-refractivity contribution in [2.45, 2.75) is 70.1 Å². The van der Waals surface area contributed by atoms with E-state index >= 15 is 0 Å². The minimum atomic E-state index is -1.86. The highest BCUT2D eigenvalue weighted by Gasteiger charge is 2.69. The van der Waals surface area contributed by atoms with Crippen molar-refractivity contribution in [2.75, 3.05) is 20.8 Å². The number of aliphatic hydroxyl groups is 1. The van der Waals surface area contributed by atoms with Crippen molar-refractivity contribution in [1.82, 2.24) is 0 Å². The van der Waals surface area contributed by atoms with Gasteiger partial charge in [-0.15, -0.1) is 0 Å². The molecule has 5 nitrogen and oxygen atoms in total. The van der Waals surface area contributed by atoms with Crippen molar-refractivity contribution in [1.29, 1.82) is 0 Å². The normalized spacial score (nSPS) is 38.1. The largest absolute Gasteiger partial charge is 0.417 e. The monoisotopic (exact) mass is 396 g/mol. The summed E-state index contributed by atoms with van der Waals surface area (Å²) in [5.41, 5.74) is -0.916. The van der Waals surface area contributed by atoms with Gasteiger partial charge in [0.2, 0.25) is 11.6 Å². The van der Waals surface area contributed by atoms with Gasteiger partial charge < -0.3 is 19.0 Å². The van der Waals surface area contributed by atoms with E-state index in [1.807, 2.05) is 12.2 Å². The molecule has 2 saturated carbocycles. The van der Waals surface area contributed by atoms with Crippen LogP contribution in [0.2, 0.25) is 18.1 Å². The van der Waals surface area contributed by atoms with Gasteiger partial charge in [0.05, 0.1) is 11.5 Å². The van der Waals surface area contributed by atoms with Crippen molar-refractivity contribution in [3.63, 3.8) is 0 Å². The molecule has 2 fully saturated rings. The Labute approximate surface area is 164 Å². The van der Waals surface area contributed by atoms with E-state index in [1.165, 1.54) is 14.2 Å². The van der Waals surface area contributed by atoms with Crippen molar-refractivity contribution >= 4 is 14.1 Å². The maximum Gasteiger partial charge on any atom is 0.235 e. The van der Waals surface area contributed by atoms with E-state index < -0.39 is 25.6 Å². The van der Waals surface area contributed by atoms with Gasteiger partial charge in [-0.1, -0.05) is 32.9 Å². The Hall–Kier alpha value is -0.533. The summed E-state index contributed by atoms with van der Waals surface area (Å²) in [6, 6.07) is 0. The Bertz CT molecular complexity index is 619. The molecule has 0 aliphatic heterocycles. The van der Waals surface area contributed by atoms with E-state index in [0.717, 1.165) is 12.8 Å². The van der Waals surface area contributed by atoms with Crippen LogP contribution in [0.25, 0.3) is 0 Å². The lowest BCUT2D eigenvalue weighted by molar-refractivity contribution is -0.260. The molecule has 1 N–H and O–H groups in total. The minimum absolute atomic E-state index is 0.0759. The molecular formula is C21H36O5Si. The number of Topliss-reactive ketones (excluding diaryl/α,β-unsaturated/α-hetero) is 1. The molecule has 4 rings (SSSR count). The summed E-state index contributed by atoms with van der Waals surface area (Å²) >= 11 is 0. The van der Waals surface area contributed by atoms with E-state index in [-0.39, 0.29) is 28.6 Å². The highest BCUT2D eigenvalue weighted by Crippen LogP contribution is 2.60. The molecule has 154 valence electrons. The van der Waals surface area contributed by atoms with Gasteiger partial charge in [-0.3, -0.25) is 4.79 Å². The fourth-order valence-corrected chi connectivity index (χ4v) is 6.21. The first kappa shape index (κ1) is 21.2. The molecule has 5 atom stereocenters. The standard InChI is InChI=1S/C21H36O5Si/c1-19(2,3)27(6,7)26-13-14-8-9-17(22)20-11-10-15(12-16(14)20)21(24-4,25-5)18(20)23/h10-11,14-17,22H,8-9,12-13H2,1-7H3/t14-,15+,16-,17?,20?/m1/s1. The third-order valence-electron chi connectivity index (χ3n) is 7.93. The number of carbonyl (C=O) groups excluding carboxylic acids is 1. The molecule has 0 saturated heterocycles. The summed E-state index contributed by atoms with van der Waals surface area (Å²) in [4.78, 5) is 13.6. The number of aliphatic hydroxyl groups excluding tert-OH is 1. The number of rotatable bonds is 5. The van der Waals surface area contributed by atoms with Crippen LogP contribution < -0.4 is 0 Å². The molecule has 0 aromatic rings. The Morgan fingerprint density at radius 2 is 1.85 bits per heavy atom. The third kappa shape index (κ3) is 2.91. The fraction of sp³-hybridized carbons (Fsp3) is 0.857. The van der Waals surface area contributed by atoms with Gasteiger partial charge >= 0.3 is 0 Å². The van der Waals surface area contributed by atoms with Crippen molar-refractivity contribution < 1.29 is 23.8 Å². The molecule has 0 radical (unpaired) electrons. The Kier molecular flexibility index (Phi) is 5.31. The quantitative estimate of drug-likeness (QED) is 0.437. The predicted molar refractivity (Wildman–Crippen MR) is 107 cm³/mol. The SMILES string of the molecule is COC1(OC)C(=O)C23C=C[C@H]1C[C@@H]2[C@@H](CO[Si](C)(C)C(C)(C)C)CCC3O. The molecule has 4 aliphatic carbocycles. The van der Waals surface area contributed by atoms with E-state index in [1.54, 1.807) is 0 Å². The molecule has 1 spiro atoms. The number of ether oxygens (including phenoxy) is 2. The number of fused-ring (bicyclic) bond motifs is 1. The molecule has 4 aliphatic rings. The molecule has 2 unspecified atom stereocenters. The second-order valence-electron chi connectivity index (χ2n) is 10.1. The maximum atomic E-state index is 13.6. The van der Waals surface area contributed by atoms with E-state index in [4.69, 9.17) is 13.9 Å². The summed E-state index contributed by atoms with van der Waals surface area (Å²) in [7, 11) is 1.19. The predicted octanol–water partition coefficient (Wildman–Crippen LogP) is 3.53. The second-order valence-corrected chi connectivity index (χ2v) is 14.9. The van der Waals surface area contributed by atoms with Crippen LogP contribution in [-0.2, 0) is 18.7 Å². The van der Waals surface area contributed by atoms with Gasteiger partial charge in [0.15, 0.2) is 8.32 Å². The molecule has 0 aromatic heterocycles. The zero-order chi connectivity index (χ0) is 20.3. The van der Waals surface area contributed by atoms with Crippen LogP contribution in [0.4, 0.5) is 0 Å². The van der Waals surface area contributed by atoms with Crippen molar-refractivity contribution in [3.8, 4) is 0 Å². The number of methoxy groups -OCH3 is 2. The zero-order valence-corrected chi connectivity index (χ0v) is 18.9. The molecule has 27 heavy (non-hydrogen) atoms. The van der Waals surface area contributed by atoms with Crippen LogP contribution in [0, 0.1) is 23.2 Å². The van der Waals surface area contributed by atoms with Crippen LogP contribution >= 0.6 is 0 Å². The number of hydrogen-bond donors (Lipinski definition) is 1. The highest BCUT2D eigenvalue weighted by atomic mass is 28.4. The summed E-state index contributed by atoms with van der Waals surface area (Å²) in [5.74, 6) is -1.16. The Balaban J connectivity index is 1.89. The van der Waals surface area contributed by atoms with Crippen LogP contribution in [0.1, 0.15) is 40.0 Å². The van der Waals surface area contributed by atoms with E-state index in [2.05, 4.69) is 33.9 Å². The van der Waals surface area contributed by atoms with Crippen LogP contribution in [-0.4, -0.2) is 51.9 Å².